The van der Waals surface area contributed by atoms with Gasteiger partial charge in [-0.1, -0.05) is 0 Å². The monoisotopic (exact) mass is 249 g/mol. The van der Waals surface area contributed by atoms with Crippen LogP contribution in [0.25, 0.3) is 0 Å². The summed E-state index contributed by atoms with van der Waals surface area (Å²) in [6, 6.07) is 4.19. The molecule has 0 fully saturated rings. The number of anilines is 1. The number of rotatable bonds is 4. The summed E-state index contributed by atoms with van der Waals surface area (Å²) in [4.78, 5) is 18.1. The van der Waals surface area contributed by atoms with Crippen molar-refractivity contribution in [1.29, 1.82) is 0 Å². The molecule has 1 aromatic carbocycles. The number of H-pyrrole nitrogens is 1. The van der Waals surface area contributed by atoms with Crippen LogP contribution >= 0.6 is 0 Å². The van der Waals surface area contributed by atoms with Gasteiger partial charge in [-0.15, -0.1) is 0 Å². The number of hydrogen-bond donors (Lipinski definition) is 2. The molecular weight excluding hydrogens is 237 g/mol. The molecule has 2 rings (SSSR count). The molecule has 2 aromatic rings. The van der Waals surface area contributed by atoms with Crippen LogP contribution in [0.2, 0.25) is 0 Å². The van der Waals surface area contributed by atoms with Gasteiger partial charge in [0.25, 0.3) is 0 Å². The Morgan fingerprint density at radius 1 is 1.56 bits per heavy atom. The lowest BCUT2D eigenvalue weighted by Gasteiger charge is -2.07. The Labute approximate surface area is 103 Å². The van der Waals surface area contributed by atoms with E-state index in [0.717, 1.165) is 5.69 Å². The van der Waals surface area contributed by atoms with Gasteiger partial charge in [-0.2, -0.15) is 0 Å². The number of nitrogens with one attached hydrogen (secondary N) is 2. The molecule has 5 nitrogen and oxygen atoms in total. The minimum absolute atomic E-state index is 0.0906. The number of nitrogens with zero attached hydrogens (tertiary/aromatic N) is 1. The molecule has 0 spiro atoms. The van der Waals surface area contributed by atoms with Gasteiger partial charge in [0, 0.05) is 11.9 Å². The van der Waals surface area contributed by atoms with Crippen LogP contribution in [0.15, 0.2) is 30.7 Å². The first kappa shape index (κ1) is 12.1. The van der Waals surface area contributed by atoms with Crippen molar-refractivity contribution < 1.29 is 13.9 Å². The summed E-state index contributed by atoms with van der Waals surface area (Å²) in [6.07, 6.45) is 3.25. The first-order chi connectivity index (χ1) is 8.70. The maximum absolute atomic E-state index is 13.4. The topological polar surface area (TPSA) is 67.0 Å². The molecular formula is C12H12FN3O2. The number of ether oxygens (including phenoxy) is 1. The first-order valence-corrected chi connectivity index (χ1v) is 5.29. The molecule has 18 heavy (non-hydrogen) atoms. The van der Waals surface area contributed by atoms with E-state index in [1.165, 1.54) is 19.2 Å². The van der Waals surface area contributed by atoms with Crippen molar-refractivity contribution in [3.63, 3.8) is 0 Å². The van der Waals surface area contributed by atoms with E-state index in [-0.39, 0.29) is 5.56 Å². The zero-order valence-corrected chi connectivity index (χ0v) is 9.74. The van der Waals surface area contributed by atoms with Crippen LogP contribution in [0.4, 0.5) is 10.1 Å². The molecule has 0 bridgehead atoms. The summed E-state index contributed by atoms with van der Waals surface area (Å²) in [5, 5.41) is 3.05. The van der Waals surface area contributed by atoms with E-state index in [2.05, 4.69) is 20.0 Å². The number of aromatic amines is 1. The van der Waals surface area contributed by atoms with Crippen LogP contribution in [-0.4, -0.2) is 23.0 Å². The van der Waals surface area contributed by atoms with Crippen LogP contribution in [0.3, 0.4) is 0 Å². The summed E-state index contributed by atoms with van der Waals surface area (Å²) >= 11 is 0. The van der Waals surface area contributed by atoms with E-state index < -0.39 is 11.8 Å². The molecule has 0 aliphatic carbocycles. The molecule has 94 valence electrons. The van der Waals surface area contributed by atoms with Crippen molar-refractivity contribution in [2.24, 2.45) is 0 Å². The molecule has 6 heteroatoms. The lowest BCUT2D eigenvalue weighted by molar-refractivity contribution is 0.0595. The second-order valence-electron chi connectivity index (χ2n) is 3.62. The zero-order valence-electron chi connectivity index (χ0n) is 9.74. The molecule has 0 saturated carbocycles. The first-order valence-electron chi connectivity index (χ1n) is 5.29. The van der Waals surface area contributed by atoms with Gasteiger partial charge in [0.2, 0.25) is 0 Å². The molecule has 1 aromatic heterocycles. The smallest absolute Gasteiger partial charge is 0.340 e. The molecule has 0 unspecified atom stereocenters. The Hall–Kier alpha value is -2.37. The van der Waals surface area contributed by atoms with E-state index in [1.54, 1.807) is 18.6 Å². The molecule has 0 radical (unpaired) electrons. The van der Waals surface area contributed by atoms with Gasteiger partial charge in [-0.25, -0.2) is 14.2 Å². The number of carbonyl (C=O) groups excluding carboxylic acids is 1. The standard InChI is InChI=1S/C12H12FN3O2/c1-18-12(17)10-4-8(2-3-11(10)13)15-6-9-5-14-7-16-9/h2-5,7,15H,6H2,1H3,(H,14,16). The number of aromatic nitrogens is 2. The van der Waals surface area contributed by atoms with Crippen molar-refractivity contribution in [2.45, 2.75) is 6.54 Å². The lowest BCUT2D eigenvalue weighted by atomic mass is 10.2. The fourth-order valence-electron chi connectivity index (χ4n) is 1.48. The minimum atomic E-state index is -0.697. The predicted molar refractivity (Wildman–Crippen MR) is 63.7 cm³/mol. The van der Waals surface area contributed by atoms with Crippen LogP contribution in [0, 0.1) is 5.82 Å². The van der Waals surface area contributed by atoms with Crippen molar-refractivity contribution in [2.75, 3.05) is 12.4 Å². The lowest BCUT2D eigenvalue weighted by Crippen LogP contribution is -2.06. The quantitative estimate of drug-likeness (QED) is 0.813. The summed E-state index contributed by atoms with van der Waals surface area (Å²) in [5.41, 5.74) is 1.43. The van der Waals surface area contributed by atoms with E-state index in [0.29, 0.717) is 12.2 Å². The van der Waals surface area contributed by atoms with E-state index in [4.69, 9.17) is 0 Å². The average molecular weight is 249 g/mol. The summed E-state index contributed by atoms with van der Waals surface area (Å²) in [7, 11) is 1.21. The van der Waals surface area contributed by atoms with Gasteiger partial charge >= 0.3 is 5.97 Å². The third-order valence-electron chi connectivity index (χ3n) is 2.41. The predicted octanol–water partition coefficient (Wildman–Crippen LogP) is 1.95. The van der Waals surface area contributed by atoms with Gasteiger partial charge in [-0.3, -0.25) is 0 Å². The maximum atomic E-state index is 13.4. The van der Waals surface area contributed by atoms with Crippen molar-refractivity contribution in [1.82, 2.24) is 9.97 Å². The average Bonchev–Trinajstić information content (AvgIpc) is 2.90. The second-order valence-corrected chi connectivity index (χ2v) is 3.62. The van der Waals surface area contributed by atoms with Gasteiger partial charge in [0.05, 0.1) is 31.2 Å². The molecule has 0 saturated heterocycles. The highest BCUT2D eigenvalue weighted by molar-refractivity contribution is 5.90. The van der Waals surface area contributed by atoms with Crippen molar-refractivity contribution in [3.8, 4) is 0 Å². The number of hydrogen-bond acceptors (Lipinski definition) is 4. The highest BCUT2D eigenvalue weighted by Crippen LogP contribution is 2.16. The highest BCUT2D eigenvalue weighted by Gasteiger charge is 2.12. The third kappa shape index (κ3) is 2.65. The van der Waals surface area contributed by atoms with Gasteiger partial charge < -0.3 is 15.0 Å². The number of benzene rings is 1. The maximum Gasteiger partial charge on any atom is 0.340 e. The van der Waals surface area contributed by atoms with Gasteiger partial charge in [-0.05, 0) is 18.2 Å². The number of imidazole rings is 1. The third-order valence-corrected chi connectivity index (χ3v) is 2.41. The van der Waals surface area contributed by atoms with Gasteiger partial charge in [0.15, 0.2) is 0 Å². The van der Waals surface area contributed by atoms with Gasteiger partial charge in [0.1, 0.15) is 5.82 Å². The molecule has 0 atom stereocenters. The van der Waals surface area contributed by atoms with Crippen molar-refractivity contribution in [3.05, 3.63) is 47.8 Å². The summed E-state index contributed by atoms with van der Waals surface area (Å²) in [5.74, 6) is -1.30. The molecule has 0 aliphatic rings. The molecule has 1 heterocycles. The number of methoxy groups -OCH3 is 1. The summed E-state index contributed by atoms with van der Waals surface area (Å²) in [6.45, 7) is 0.506. The number of esters is 1. The highest BCUT2D eigenvalue weighted by atomic mass is 19.1. The Balaban J connectivity index is 2.12. The van der Waals surface area contributed by atoms with Crippen LogP contribution < -0.4 is 5.32 Å². The molecule has 0 aliphatic heterocycles. The van der Waals surface area contributed by atoms with Crippen LogP contribution in [0.5, 0.6) is 0 Å². The normalized spacial score (nSPS) is 10.1. The Morgan fingerprint density at radius 2 is 2.39 bits per heavy atom. The van der Waals surface area contributed by atoms with E-state index in [9.17, 15) is 9.18 Å². The molecule has 0 amide bonds. The molecule has 2 N–H and O–H groups in total. The Morgan fingerprint density at radius 3 is 3.06 bits per heavy atom. The minimum Gasteiger partial charge on any atom is -0.465 e. The zero-order chi connectivity index (χ0) is 13.0. The fourth-order valence-corrected chi connectivity index (χ4v) is 1.48. The number of halogens is 1. The van der Waals surface area contributed by atoms with Crippen LogP contribution in [-0.2, 0) is 11.3 Å². The van der Waals surface area contributed by atoms with E-state index >= 15 is 0 Å². The van der Waals surface area contributed by atoms with Crippen molar-refractivity contribution >= 4 is 11.7 Å². The largest absolute Gasteiger partial charge is 0.465 e. The number of carbonyl (C=O) groups is 1. The Bertz CT molecular complexity index is 540. The van der Waals surface area contributed by atoms with E-state index in [1.807, 2.05) is 0 Å². The summed E-state index contributed by atoms with van der Waals surface area (Å²) < 4.78 is 17.9. The SMILES string of the molecule is COC(=O)c1cc(NCc2cnc[nH]2)ccc1F. The fraction of sp³-hybridized carbons (Fsp3) is 0.167. The second kappa shape index (κ2) is 5.31. The van der Waals surface area contributed by atoms with Crippen LogP contribution in [0.1, 0.15) is 16.1 Å². The Kier molecular flexibility index (Phi) is 3.57.